The number of nitrogens with one attached hydrogen (secondary N) is 1. The molecule has 0 aliphatic carbocycles. The van der Waals surface area contributed by atoms with Crippen LogP contribution in [-0.4, -0.2) is 23.3 Å². The van der Waals surface area contributed by atoms with Crippen molar-refractivity contribution in [2.24, 2.45) is 4.99 Å². The normalized spacial score (nSPS) is 13.7. The van der Waals surface area contributed by atoms with E-state index < -0.39 is 0 Å². The summed E-state index contributed by atoms with van der Waals surface area (Å²) < 4.78 is 5.56. The number of allylic oxidation sites excluding steroid dienone is 1. The summed E-state index contributed by atoms with van der Waals surface area (Å²) in [5.74, 6) is 1.41. The lowest BCUT2D eigenvalue weighted by Gasteiger charge is -2.13. The number of ether oxygens (including phenoxy) is 1. The zero-order valence-corrected chi connectivity index (χ0v) is 14.5. The van der Waals surface area contributed by atoms with Gasteiger partial charge in [0, 0.05) is 18.2 Å². The first kappa shape index (κ1) is 16.3. The van der Waals surface area contributed by atoms with Gasteiger partial charge in [-0.05, 0) is 42.7 Å². The molecule has 0 amide bonds. The Morgan fingerprint density at radius 1 is 1.15 bits per heavy atom. The summed E-state index contributed by atoms with van der Waals surface area (Å²) in [5.41, 5.74) is 3.53. The van der Waals surface area contributed by atoms with Crippen LogP contribution in [0.15, 0.2) is 58.3 Å². The van der Waals surface area contributed by atoms with E-state index in [-0.39, 0.29) is 5.56 Å². The Morgan fingerprint density at radius 2 is 2.04 bits per heavy atom. The lowest BCUT2D eigenvalue weighted by Crippen LogP contribution is -2.12. The van der Waals surface area contributed by atoms with Gasteiger partial charge in [0.15, 0.2) is 0 Å². The minimum Gasteiger partial charge on any atom is -0.496 e. The van der Waals surface area contributed by atoms with Gasteiger partial charge in [-0.25, -0.2) is 4.98 Å². The fourth-order valence-corrected chi connectivity index (χ4v) is 3.16. The van der Waals surface area contributed by atoms with Crippen LogP contribution in [0, 0.1) is 0 Å². The minimum atomic E-state index is -0.115. The molecule has 0 atom stereocenters. The number of aromatic nitrogens is 2. The minimum absolute atomic E-state index is 0.115. The monoisotopic (exact) mass is 345 g/mol. The molecule has 1 aliphatic heterocycles. The molecule has 5 nitrogen and oxygen atoms in total. The maximum atomic E-state index is 12.2. The highest BCUT2D eigenvalue weighted by atomic mass is 16.5. The van der Waals surface area contributed by atoms with Gasteiger partial charge >= 0.3 is 0 Å². The predicted molar refractivity (Wildman–Crippen MR) is 104 cm³/mol. The number of fused-ring (bicyclic) bond motifs is 1. The first-order valence-corrected chi connectivity index (χ1v) is 8.62. The van der Waals surface area contributed by atoms with Gasteiger partial charge in [0.05, 0.1) is 23.7 Å². The Hall–Kier alpha value is -3.21. The number of para-hydroxylation sites is 1. The highest BCUT2D eigenvalue weighted by Gasteiger charge is 2.11. The van der Waals surface area contributed by atoms with E-state index in [0.29, 0.717) is 23.1 Å². The van der Waals surface area contributed by atoms with Crippen LogP contribution in [-0.2, 0) is 6.42 Å². The predicted octanol–water partition coefficient (Wildman–Crippen LogP) is 3.73. The van der Waals surface area contributed by atoms with E-state index in [1.807, 2.05) is 42.6 Å². The Labute approximate surface area is 151 Å². The van der Waals surface area contributed by atoms with Crippen molar-refractivity contribution in [3.8, 4) is 5.75 Å². The van der Waals surface area contributed by atoms with Crippen LogP contribution in [0.3, 0.4) is 0 Å². The number of nitrogens with zero attached hydrogens (tertiary/aromatic N) is 2. The fourth-order valence-electron chi connectivity index (χ4n) is 3.16. The zero-order valence-electron chi connectivity index (χ0n) is 14.5. The summed E-state index contributed by atoms with van der Waals surface area (Å²) in [4.78, 5) is 24.1. The highest BCUT2D eigenvalue weighted by Crippen LogP contribution is 2.30. The van der Waals surface area contributed by atoms with E-state index in [0.717, 1.165) is 35.4 Å². The molecule has 0 radical (unpaired) electrons. The van der Waals surface area contributed by atoms with Gasteiger partial charge in [-0.3, -0.25) is 9.79 Å². The third kappa shape index (κ3) is 3.16. The second kappa shape index (κ2) is 6.96. The van der Waals surface area contributed by atoms with E-state index in [2.05, 4.69) is 21.0 Å². The Morgan fingerprint density at radius 3 is 2.85 bits per heavy atom. The van der Waals surface area contributed by atoms with Gasteiger partial charge in [-0.2, -0.15) is 0 Å². The van der Waals surface area contributed by atoms with Crippen molar-refractivity contribution in [2.75, 3.05) is 7.11 Å². The number of benzene rings is 2. The van der Waals surface area contributed by atoms with E-state index in [1.54, 1.807) is 13.2 Å². The van der Waals surface area contributed by atoms with Crippen LogP contribution >= 0.6 is 0 Å². The lowest BCUT2D eigenvalue weighted by atomic mass is 10.0. The molecular formula is C21H19N3O2. The smallest absolute Gasteiger partial charge is 0.258 e. The molecule has 0 unspecified atom stereocenters. The van der Waals surface area contributed by atoms with Gasteiger partial charge in [-0.15, -0.1) is 0 Å². The van der Waals surface area contributed by atoms with Gasteiger partial charge in [-0.1, -0.05) is 24.3 Å². The largest absolute Gasteiger partial charge is 0.496 e. The molecule has 0 saturated carbocycles. The Kier molecular flexibility index (Phi) is 4.35. The van der Waals surface area contributed by atoms with Crippen LogP contribution in [0.4, 0.5) is 0 Å². The molecule has 0 saturated heterocycles. The number of methoxy groups -OCH3 is 1. The quantitative estimate of drug-likeness (QED) is 0.783. The maximum absolute atomic E-state index is 12.2. The number of aliphatic imine (C=N–C) groups is 1. The first-order valence-electron chi connectivity index (χ1n) is 8.62. The molecule has 0 bridgehead atoms. The zero-order chi connectivity index (χ0) is 17.9. The third-order valence-corrected chi connectivity index (χ3v) is 4.44. The average Bonchev–Trinajstić information content (AvgIpc) is 2.68. The summed E-state index contributed by atoms with van der Waals surface area (Å²) in [5, 5.41) is 0.603. The molecule has 4 rings (SSSR count). The molecule has 2 aromatic carbocycles. The SMILES string of the molecule is COc1cc(Cc2nc3ccccc3c(=O)[nH]2)ccc1C1=CCCC=N1. The molecule has 2 heterocycles. The van der Waals surface area contributed by atoms with E-state index in [1.165, 1.54) is 0 Å². The second-order valence-electron chi connectivity index (χ2n) is 6.22. The first-order chi connectivity index (χ1) is 12.7. The maximum Gasteiger partial charge on any atom is 0.258 e. The summed E-state index contributed by atoms with van der Waals surface area (Å²) in [7, 11) is 1.66. The Balaban J connectivity index is 1.68. The molecule has 1 aromatic heterocycles. The number of hydrogen-bond acceptors (Lipinski definition) is 4. The third-order valence-electron chi connectivity index (χ3n) is 4.44. The molecule has 5 heteroatoms. The molecule has 26 heavy (non-hydrogen) atoms. The van der Waals surface area contributed by atoms with Crippen molar-refractivity contribution >= 4 is 22.8 Å². The van der Waals surface area contributed by atoms with Gasteiger partial charge in [0.1, 0.15) is 11.6 Å². The van der Waals surface area contributed by atoms with Crippen molar-refractivity contribution in [1.82, 2.24) is 9.97 Å². The molecule has 0 spiro atoms. The van der Waals surface area contributed by atoms with Crippen molar-refractivity contribution in [3.63, 3.8) is 0 Å². The molecule has 130 valence electrons. The standard InChI is InChI=1S/C21H19N3O2/c1-26-19-12-14(9-10-15(19)17-7-4-5-11-22-17)13-20-23-18-8-3-2-6-16(18)21(25)24-20/h2-3,6-12H,4-5,13H2,1H3,(H,23,24,25). The highest BCUT2D eigenvalue weighted by molar-refractivity contribution is 5.79. The molecular weight excluding hydrogens is 326 g/mol. The number of hydrogen-bond donors (Lipinski definition) is 1. The molecule has 0 fully saturated rings. The number of aromatic amines is 1. The van der Waals surface area contributed by atoms with E-state index in [9.17, 15) is 4.79 Å². The molecule has 1 aliphatic rings. The van der Waals surface area contributed by atoms with Crippen molar-refractivity contribution < 1.29 is 4.74 Å². The lowest BCUT2D eigenvalue weighted by molar-refractivity contribution is 0.413. The summed E-state index contributed by atoms with van der Waals surface area (Å²) in [6.07, 6.45) is 6.56. The van der Waals surface area contributed by atoms with Crippen LogP contribution in [0.2, 0.25) is 0 Å². The van der Waals surface area contributed by atoms with Gasteiger partial charge < -0.3 is 9.72 Å². The Bertz CT molecular complexity index is 1080. The van der Waals surface area contributed by atoms with Gasteiger partial charge in [0.25, 0.3) is 5.56 Å². The van der Waals surface area contributed by atoms with Crippen molar-refractivity contribution in [3.05, 3.63) is 75.8 Å². The second-order valence-corrected chi connectivity index (χ2v) is 6.22. The van der Waals surface area contributed by atoms with Gasteiger partial charge in [0.2, 0.25) is 0 Å². The van der Waals surface area contributed by atoms with E-state index in [4.69, 9.17) is 4.74 Å². The van der Waals surface area contributed by atoms with Crippen LogP contribution in [0.5, 0.6) is 5.75 Å². The van der Waals surface area contributed by atoms with E-state index >= 15 is 0 Å². The summed E-state index contributed by atoms with van der Waals surface area (Å²) in [6, 6.07) is 13.4. The molecule has 1 N–H and O–H groups in total. The topological polar surface area (TPSA) is 67.3 Å². The van der Waals surface area contributed by atoms with Crippen molar-refractivity contribution in [2.45, 2.75) is 19.3 Å². The number of rotatable bonds is 4. The molecule has 3 aromatic rings. The summed E-state index contributed by atoms with van der Waals surface area (Å²) >= 11 is 0. The average molecular weight is 345 g/mol. The number of H-pyrrole nitrogens is 1. The van der Waals surface area contributed by atoms with Crippen LogP contribution in [0.1, 0.15) is 29.8 Å². The summed E-state index contributed by atoms with van der Waals surface area (Å²) in [6.45, 7) is 0. The van der Waals surface area contributed by atoms with Crippen LogP contribution in [0.25, 0.3) is 16.6 Å². The fraction of sp³-hybridized carbons (Fsp3) is 0.190. The van der Waals surface area contributed by atoms with Crippen molar-refractivity contribution in [1.29, 1.82) is 0 Å². The van der Waals surface area contributed by atoms with Crippen LogP contribution < -0.4 is 10.3 Å².